The molecule has 0 unspecified atom stereocenters. The van der Waals surface area contributed by atoms with Gasteiger partial charge in [0, 0.05) is 22.8 Å². The van der Waals surface area contributed by atoms with Crippen LogP contribution in [0, 0.1) is 11.3 Å². The van der Waals surface area contributed by atoms with Crippen LogP contribution in [0.15, 0.2) is 47.1 Å². The predicted octanol–water partition coefficient (Wildman–Crippen LogP) is 3.34. The summed E-state index contributed by atoms with van der Waals surface area (Å²) < 4.78 is 6.52. The maximum absolute atomic E-state index is 8.97. The summed E-state index contributed by atoms with van der Waals surface area (Å²) in [5, 5.41) is 8.97. The summed E-state index contributed by atoms with van der Waals surface area (Å²) in [4.78, 5) is 4.22. The van der Waals surface area contributed by atoms with E-state index in [1.165, 1.54) is 0 Å². The topological polar surface area (TPSA) is 45.9 Å². The van der Waals surface area contributed by atoms with E-state index in [4.69, 9.17) is 10.00 Å². The highest BCUT2D eigenvalue weighted by Gasteiger charge is 2.04. The molecule has 4 heteroatoms. The van der Waals surface area contributed by atoms with Crippen molar-refractivity contribution in [3.8, 4) is 11.8 Å². The van der Waals surface area contributed by atoms with Gasteiger partial charge >= 0.3 is 0 Å². The Kier molecular flexibility index (Phi) is 4.32. The predicted molar refractivity (Wildman–Crippen MR) is 72.3 cm³/mol. The van der Waals surface area contributed by atoms with Crippen LogP contribution >= 0.6 is 15.9 Å². The standard InChI is InChI=1S/C14H11BrN2O/c15-12-5-4-11(10-16)14(9-12)18-8-6-13-3-1-2-7-17-13/h1-5,7,9H,6,8H2. The molecule has 3 nitrogen and oxygen atoms in total. The van der Waals surface area contributed by atoms with E-state index in [-0.39, 0.29) is 0 Å². The van der Waals surface area contributed by atoms with Crippen molar-refractivity contribution in [3.05, 3.63) is 58.3 Å². The van der Waals surface area contributed by atoms with Crippen LogP contribution in [-0.2, 0) is 6.42 Å². The smallest absolute Gasteiger partial charge is 0.138 e. The van der Waals surface area contributed by atoms with Gasteiger partial charge in [-0.15, -0.1) is 0 Å². The summed E-state index contributed by atoms with van der Waals surface area (Å²) in [6.07, 6.45) is 2.48. The van der Waals surface area contributed by atoms with Crippen LogP contribution < -0.4 is 4.74 Å². The first-order valence-corrected chi connectivity index (χ1v) is 6.31. The number of hydrogen-bond donors (Lipinski definition) is 0. The molecule has 0 bridgehead atoms. The summed E-state index contributed by atoms with van der Waals surface area (Å²) in [7, 11) is 0. The molecule has 1 aromatic heterocycles. The molecular weight excluding hydrogens is 292 g/mol. The van der Waals surface area contributed by atoms with Gasteiger partial charge in [0.15, 0.2) is 0 Å². The molecule has 0 N–H and O–H groups in total. The minimum absolute atomic E-state index is 0.502. The highest BCUT2D eigenvalue weighted by atomic mass is 79.9. The van der Waals surface area contributed by atoms with Crippen LogP contribution in [0.25, 0.3) is 0 Å². The number of pyridine rings is 1. The highest BCUT2D eigenvalue weighted by Crippen LogP contribution is 2.23. The van der Waals surface area contributed by atoms with E-state index in [2.05, 4.69) is 27.0 Å². The number of nitrogens with zero attached hydrogens (tertiary/aromatic N) is 2. The Morgan fingerprint density at radius 2 is 2.17 bits per heavy atom. The van der Waals surface area contributed by atoms with Crippen LogP contribution in [0.4, 0.5) is 0 Å². The lowest BCUT2D eigenvalue weighted by Gasteiger charge is -2.07. The van der Waals surface area contributed by atoms with Gasteiger partial charge < -0.3 is 4.74 Å². The van der Waals surface area contributed by atoms with Gasteiger partial charge in [-0.3, -0.25) is 4.98 Å². The van der Waals surface area contributed by atoms with Crippen molar-refractivity contribution in [1.29, 1.82) is 5.26 Å². The summed E-state index contributed by atoms with van der Waals surface area (Å²) in [5.74, 6) is 0.600. The minimum Gasteiger partial charge on any atom is -0.492 e. The fraction of sp³-hybridized carbons (Fsp3) is 0.143. The first kappa shape index (κ1) is 12.6. The Balaban J connectivity index is 1.98. The Morgan fingerprint density at radius 1 is 1.28 bits per heavy atom. The van der Waals surface area contributed by atoms with Crippen molar-refractivity contribution < 1.29 is 4.74 Å². The molecule has 90 valence electrons. The zero-order valence-corrected chi connectivity index (χ0v) is 11.2. The lowest BCUT2D eigenvalue weighted by Crippen LogP contribution is -2.03. The van der Waals surface area contributed by atoms with E-state index >= 15 is 0 Å². The van der Waals surface area contributed by atoms with Crippen LogP contribution in [0.3, 0.4) is 0 Å². The summed E-state index contributed by atoms with van der Waals surface area (Å²) in [6, 6.07) is 13.3. The van der Waals surface area contributed by atoms with Crippen molar-refractivity contribution in [3.63, 3.8) is 0 Å². The average Bonchev–Trinajstić information content (AvgIpc) is 2.40. The molecule has 0 spiro atoms. The van der Waals surface area contributed by atoms with E-state index < -0.39 is 0 Å². The van der Waals surface area contributed by atoms with Gasteiger partial charge in [0.05, 0.1) is 12.2 Å². The second-order valence-electron chi connectivity index (χ2n) is 3.67. The molecule has 2 aromatic rings. The van der Waals surface area contributed by atoms with Crippen LogP contribution in [0.2, 0.25) is 0 Å². The quantitative estimate of drug-likeness (QED) is 0.870. The maximum atomic E-state index is 8.97. The molecule has 0 amide bonds. The third-order valence-corrected chi connectivity index (χ3v) is 2.90. The number of halogens is 1. The van der Waals surface area contributed by atoms with Gasteiger partial charge in [-0.1, -0.05) is 22.0 Å². The SMILES string of the molecule is N#Cc1ccc(Br)cc1OCCc1ccccn1. The number of rotatable bonds is 4. The van der Waals surface area contributed by atoms with E-state index in [9.17, 15) is 0 Å². The number of ether oxygens (including phenoxy) is 1. The van der Waals surface area contributed by atoms with E-state index in [1.807, 2.05) is 24.3 Å². The Bertz CT molecular complexity index is 564. The molecule has 0 atom stereocenters. The molecule has 18 heavy (non-hydrogen) atoms. The number of hydrogen-bond acceptors (Lipinski definition) is 3. The molecule has 0 saturated heterocycles. The first-order chi connectivity index (χ1) is 8.79. The molecule has 0 saturated carbocycles. The monoisotopic (exact) mass is 302 g/mol. The molecule has 0 radical (unpaired) electrons. The second kappa shape index (κ2) is 6.18. The molecular formula is C14H11BrN2O. The van der Waals surface area contributed by atoms with Gasteiger partial charge in [-0.25, -0.2) is 0 Å². The summed E-state index contributed by atoms with van der Waals surface area (Å²) >= 11 is 3.36. The van der Waals surface area contributed by atoms with E-state index in [0.29, 0.717) is 17.9 Å². The maximum Gasteiger partial charge on any atom is 0.138 e. The van der Waals surface area contributed by atoms with Crippen LogP contribution in [0.5, 0.6) is 5.75 Å². The zero-order chi connectivity index (χ0) is 12.8. The Morgan fingerprint density at radius 3 is 2.89 bits per heavy atom. The van der Waals surface area contributed by atoms with Gasteiger partial charge in [0.2, 0.25) is 0 Å². The fourth-order valence-corrected chi connectivity index (χ4v) is 1.86. The third-order valence-electron chi connectivity index (χ3n) is 2.41. The van der Waals surface area contributed by atoms with Gasteiger partial charge in [-0.2, -0.15) is 5.26 Å². The number of nitriles is 1. The van der Waals surface area contributed by atoms with Crippen molar-refractivity contribution in [2.75, 3.05) is 6.61 Å². The normalized spacial score (nSPS) is 9.78. The van der Waals surface area contributed by atoms with Gasteiger partial charge in [-0.05, 0) is 30.3 Å². The van der Waals surface area contributed by atoms with Gasteiger partial charge in [0.1, 0.15) is 11.8 Å². The fourth-order valence-electron chi connectivity index (χ4n) is 1.52. The second-order valence-corrected chi connectivity index (χ2v) is 4.59. The lowest BCUT2D eigenvalue weighted by atomic mass is 10.2. The Labute approximate surface area is 114 Å². The summed E-state index contributed by atoms with van der Waals surface area (Å²) in [6.45, 7) is 0.502. The minimum atomic E-state index is 0.502. The summed E-state index contributed by atoms with van der Waals surface area (Å²) in [5.41, 5.74) is 1.52. The molecule has 1 aromatic carbocycles. The zero-order valence-electron chi connectivity index (χ0n) is 9.64. The highest BCUT2D eigenvalue weighted by molar-refractivity contribution is 9.10. The van der Waals surface area contributed by atoms with Crippen molar-refractivity contribution in [2.24, 2.45) is 0 Å². The molecule has 1 heterocycles. The van der Waals surface area contributed by atoms with Crippen LogP contribution in [0.1, 0.15) is 11.3 Å². The largest absolute Gasteiger partial charge is 0.492 e. The Hall–Kier alpha value is -1.86. The molecule has 0 fully saturated rings. The van der Waals surface area contributed by atoms with Crippen molar-refractivity contribution in [2.45, 2.75) is 6.42 Å². The van der Waals surface area contributed by atoms with E-state index in [0.717, 1.165) is 16.6 Å². The molecule has 0 aliphatic heterocycles. The van der Waals surface area contributed by atoms with Crippen LogP contribution in [-0.4, -0.2) is 11.6 Å². The third kappa shape index (κ3) is 3.31. The number of aromatic nitrogens is 1. The van der Waals surface area contributed by atoms with Crippen molar-refractivity contribution >= 4 is 15.9 Å². The van der Waals surface area contributed by atoms with Crippen molar-refractivity contribution in [1.82, 2.24) is 4.98 Å². The number of benzene rings is 1. The molecule has 2 rings (SSSR count). The first-order valence-electron chi connectivity index (χ1n) is 5.52. The van der Waals surface area contributed by atoms with E-state index in [1.54, 1.807) is 18.3 Å². The average molecular weight is 303 g/mol. The van der Waals surface area contributed by atoms with Gasteiger partial charge in [0.25, 0.3) is 0 Å². The molecule has 0 aliphatic rings. The lowest BCUT2D eigenvalue weighted by molar-refractivity contribution is 0.319. The molecule has 0 aliphatic carbocycles.